The molecule has 1 N–H and O–H groups in total. The Morgan fingerprint density at radius 1 is 0.679 bits per heavy atom. The van der Waals surface area contributed by atoms with Gasteiger partial charge in [0.05, 0.1) is 40.1 Å². The lowest BCUT2D eigenvalue weighted by atomic mass is 10.1. The molecule has 0 aliphatic carbocycles. The molecule has 0 saturated heterocycles. The molecule has 9 nitrogen and oxygen atoms in total. The van der Waals surface area contributed by atoms with Crippen LogP contribution in [0, 0.1) is 0 Å². The second-order valence-corrected chi connectivity index (χ2v) is 17.0. The van der Waals surface area contributed by atoms with Gasteiger partial charge in [0.2, 0.25) is 0 Å². The molecule has 0 aromatic carbocycles. The number of phosphoric acid groups is 1. The number of rotatable bonds is 39. The summed E-state index contributed by atoms with van der Waals surface area (Å²) in [6.45, 7) is 4.44. The van der Waals surface area contributed by atoms with E-state index in [4.69, 9.17) is 18.5 Å². The average Bonchev–Trinajstić information content (AvgIpc) is 3.14. The van der Waals surface area contributed by atoms with Crippen LogP contribution in [-0.4, -0.2) is 75.3 Å². The Morgan fingerprint density at radius 3 is 1.86 bits per heavy atom. The van der Waals surface area contributed by atoms with Gasteiger partial charge in [-0.25, -0.2) is 0 Å². The highest BCUT2D eigenvalue weighted by Crippen LogP contribution is 2.38. The fraction of sp³-hybridized carbons (Fsp3) is 0.717. The van der Waals surface area contributed by atoms with Crippen LogP contribution < -0.4 is 4.89 Å². The molecule has 3 atom stereocenters. The van der Waals surface area contributed by atoms with Crippen molar-refractivity contribution in [3.05, 3.63) is 73.1 Å². The minimum Gasteiger partial charge on any atom is -0.756 e. The number of allylic oxidation sites excluding steroid dienone is 10. The van der Waals surface area contributed by atoms with Gasteiger partial charge in [-0.2, -0.15) is 0 Å². The topological polar surface area (TPSA) is 114 Å². The van der Waals surface area contributed by atoms with E-state index in [0.29, 0.717) is 23.9 Å². The number of ether oxygens (including phenoxy) is 2. The number of phosphoric ester groups is 1. The summed E-state index contributed by atoms with van der Waals surface area (Å²) in [6.07, 6.45) is 46.1. The molecule has 0 spiro atoms. The number of quaternary nitrogens is 1. The summed E-state index contributed by atoms with van der Waals surface area (Å²) in [5.41, 5.74) is 0. The number of hydrogen-bond acceptors (Lipinski definition) is 8. The van der Waals surface area contributed by atoms with E-state index < -0.39 is 32.6 Å². The van der Waals surface area contributed by atoms with Crippen LogP contribution in [0.3, 0.4) is 0 Å². The molecule has 1 unspecified atom stereocenters. The minimum atomic E-state index is -4.60. The summed E-state index contributed by atoms with van der Waals surface area (Å²) in [4.78, 5) is 25.0. The number of carbonyl (C=O) groups excluding carboxylic acids is 1. The van der Waals surface area contributed by atoms with Crippen molar-refractivity contribution in [1.29, 1.82) is 0 Å². The number of hydrogen-bond donors (Lipinski definition) is 1. The van der Waals surface area contributed by atoms with Gasteiger partial charge in [-0.05, 0) is 83.1 Å². The van der Waals surface area contributed by atoms with Crippen LogP contribution in [0.5, 0.6) is 0 Å². The first-order chi connectivity index (χ1) is 27.0. The van der Waals surface area contributed by atoms with Crippen molar-refractivity contribution in [2.24, 2.45) is 0 Å². The van der Waals surface area contributed by atoms with Crippen molar-refractivity contribution in [1.82, 2.24) is 0 Å². The van der Waals surface area contributed by atoms with Gasteiger partial charge in [0.25, 0.3) is 7.82 Å². The number of nitrogens with zero attached hydrogens (tertiary/aromatic N) is 1. The standard InChI is InChI=1S/C46H82NO8P/c1-6-8-10-12-14-16-18-20-21-22-24-26-28-30-32-34-40-52-42-45(43-54-56(50,51)53-41-39-47(3,4)5)55-46(49)38-35-37-44(48)36-33-31-29-27-25-23-19-17-15-13-11-9-7-2/h15,17,20-21,23,25,29,31,33-34,36,40,44-45,48H,6-14,16,18-19,22,24,26-28,30,32,35,37-39,41-43H2,1-5H3/b17-15-,21-20-,25-23-,31-29-,36-33+,40-34+/t44-,45+/m0/s1. The quantitative estimate of drug-likeness (QED) is 0.0124. The van der Waals surface area contributed by atoms with Crippen LogP contribution in [0.15, 0.2) is 73.1 Å². The zero-order valence-corrected chi connectivity index (χ0v) is 37.1. The first kappa shape index (κ1) is 53.7. The van der Waals surface area contributed by atoms with Crippen LogP contribution in [0.2, 0.25) is 0 Å². The van der Waals surface area contributed by atoms with Crippen molar-refractivity contribution in [3.8, 4) is 0 Å². The molecule has 0 heterocycles. The predicted octanol–water partition coefficient (Wildman–Crippen LogP) is 11.4. The Hall–Kier alpha value is -2.26. The molecular formula is C46H82NO8P. The Balaban J connectivity index is 4.54. The van der Waals surface area contributed by atoms with Crippen LogP contribution in [0.25, 0.3) is 0 Å². The molecule has 0 radical (unpaired) electrons. The van der Waals surface area contributed by atoms with E-state index in [1.807, 2.05) is 45.4 Å². The van der Waals surface area contributed by atoms with E-state index in [2.05, 4.69) is 50.3 Å². The third-order valence-electron chi connectivity index (χ3n) is 8.90. The van der Waals surface area contributed by atoms with Crippen molar-refractivity contribution in [2.45, 2.75) is 167 Å². The summed E-state index contributed by atoms with van der Waals surface area (Å²) in [6, 6.07) is 0. The highest BCUT2D eigenvalue weighted by Gasteiger charge is 2.20. The van der Waals surface area contributed by atoms with E-state index in [1.165, 1.54) is 77.0 Å². The summed E-state index contributed by atoms with van der Waals surface area (Å²) < 4.78 is 34.1. The highest BCUT2D eigenvalue weighted by atomic mass is 31.2. The van der Waals surface area contributed by atoms with Gasteiger partial charge >= 0.3 is 5.97 Å². The molecule has 56 heavy (non-hydrogen) atoms. The SMILES string of the molecule is CCCCC/C=C\C/C=C\C/C=C\C=C\[C@H](O)CCCC(=O)O[C@H](CO/C=C/CCCCCC/C=C\CCCCCCCC)COP(=O)([O-])OCC[N+](C)(C)C. The molecule has 0 rings (SSSR count). The summed E-state index contributed by atoms with van der Waals surface area (Å²) in [5, 5.41) is 10.3. The van der Waals surface area contributed by atoms with E-state index in [1.54, 1.807) is 12.3 Å². The maximum absolute atomic E-state index is 12.7. The Morgan fingerprint density at radius 2 is 1.21 bits per heavy atom. The van der Waals surface area contributed by atoms with Gasteiger partial charge in [-0.15, -0.1) is 0 Å². The number of aliphatic hydroxyl groups excluding tert-OH is 1. The van der Waals surface area contributed by atoms with E-state index >= 15 is 0 Å². The predicted molar refractivity (Wildman–Crippen MR) is 232 cm³/mol. The maximum atomic E-state index is 12.7. The van der Waals surface area contributed by atoms with E-state index in [9.17, 15) is 19.4 Å². The van der Waals surface area contributed by atoms with Crippen LogP contribution >= 0.6 is 7.82 Å². The first-order valence-corrected chi connectivity index (χ1v) is 23.3. The molecule has 0 aromatic rings. The minimum absolute atomic E-state index is 0.0232. The largest absolute Gasteiger partial charge is 0.756 e. The van der Waals surface area contributed by atoms with Crippen LogP contribution in [-0.2, 0) is 27.9 Å². The first-order valence-electron chi connectivity index (χ1n) is 21.8. The van der Waals surface area contributed by atoms with E-state index in [0.717, 1.165) is 44.9 Å². The van der Waals surface area contributed by atoms with Gasteiger partial charge in [-0.3, -0.25) is 9.36 Å². The van der Waals surface area contributed by atoms with E-state index in [-0.39, 0.29) is 19.6 Å². The molecule has 0 fully saturated rings. The van der Waals surface area contributed by atoms with Gasteiger partial charge in [0.1, 0.15) is 19.8 Å². The lowest BCUT2D eigenvalue weighted by Crippen LogP contribution is -2.37. The Bertz CT molecular complexity index is 1140. The lowest BCUT2D eigenvalue weighted by Gasteiger charge is -2.28. The van der Waals surface area contributed by atoms with Gasteiger partial charge in [-0.1, -0.05) is 132 Å². The molecule has 0 bridgehead atoms. The number of carbonyl (C=O) groups is 1. The van der Waals surface area contributed by atoms with Crippen LogP contribution in [0.4, 0.5) is 0 Å². The molecule has 0 saturated carbocycles. The van der Waals surface area contributed by atoms with Gasteiger partial charge in [0.15, 0.2) is 6.10 Å². The summed E-state index contributed by atoms with van der Waals surface area (Å²) in [5.74, 6) is -0.520. The molecule has 324 valence electrons. The molecular weight excluding hydrogens is 725 g/mol. The number of likely N-dealkylation sites (N-methyl/N-ethyl adjacent to an activating group) is 1. The summed E-state index contributed by atoms with van der Waals surface area (Å²) in [7, 11) is 1.19. The number of aliphatic hydroxyl groups is 1. The van der Waals surface area contributed by atoms with Gasteiger partial charge < -0.3 is 33.0 Å². The Kier molecular flexibility index (Phi) is 36.7. The maximum Gasteiger partial charge on any atom is 0.306 e. The number of esters is 1. The third kappa shape index (κ3) is 41.4. The average molecular weight is 808 g/mol. The molecule has 10 heteroatoms. The number of unbranched alkanes of at least 4 members (excludes halogenated alkanes) is 14. The zero-order valence-electron chi connectivity index (χ0n) is 36.2. The van der Waals surface area contributed by atoms with Crippen molar-refractivity contribution >= 4 is 13.8 Å². The molecule has 0 aliphatic heterocycles. The molecule has 0 aromatic heterocycles. The van der Waals surface area contributed by atoms with Crippen molar-refractivity contribution in [3.63, 3.8) is 0 Å². The monoisotopic (exact) mass is 808 g/mol. The molecule has 0 aliphatic rings. The second kappa shape index (κ2) is 38.3. The van der Waals surface area contributed by atoms with Crippen molar-refractivity contribution < 1.29 is 42.4 Å². The third-order valence-corrected chi connectivity index (χ3v) is 9.86. The van der Waals surface area contributed by atoms with Crippen molar-refractivity contribution in [2.75, 3.05) is 47.5 Å². The normalized spacial score (nSPS) is 15.0. The fourth-order valence-corrected chi connectivity index (χ4v) is 6.16. The zero-order chi connectivity index (χ0) is 41.4. The fourth-order valence-electron chi connectivity index (χ4n) is 5.43. The smallest absolute Gasteiger partial charge is 0.306 e. The lowest BCUT2D eigenvalue weighted by molar-refractivity contribution is -0.870. The molecule has 0 amide bonds. The van der Waals surface area contributed by atoms with Crippen LogP contribution in [0.1, 0.15) is 155 Å². The van der Waals surface area contributed by atoms with Gasteiger partial charge in [0, 0.05) is 6.42 Å². The Labute approximate surface area is 343 Å². The summed E-state index contributed by atoms with van der Waals surface area (Å²) >= 11 is 0. The second-order valence-electron chi connectivity index (χ2n) is 15.6. The highest BCUT2D eigenvalue weighted by molar-refractivity contribution is 7.45.